The molecular weight excluding hydrogens is 1080 g/mol. The lowest BCUT2D eigenvalue weighted by Crippen LogP contribution is -2.63. The predicted molar refractivity (Wildman–Crippen MR) is 326 cm³/mol. The zero-order valence-corrected chi connectivity index (χ0v) is 49.8. The highest BCUT2D eigenvalue weighted by molar-refractivity contribution is 6.28. The highest BCUT2D eigenvalue weighted by Crippen LogP contribution is 2.41. The molecule has 4 aliphatic heterocycles. The van der Waals surface area contributed by atoms with Crippen LogP contribution in [0.1, 0.15) is 116 Å². The molecule has 4 heterocycles. The molecule has 4 N–H and O–H groups in total. The number of likely N-dealkylation sites (N-methyl/N-ethyl adjacent to an activating group) is 2. The quantitative estimate of drug-likeness (QED) is 0.0465. The summed E-state index contributed by atoms with van der Waals surface area (Å²) >= 11 is 0. The van der Waals surface area contributed by atoms with E-state index in [0.717, 1.165) is 9.80 Å². The van der Waals surface area contributed by atoms with Gasteiger partial charge in [0, 0.05) is 167 Å². The summed E-state index contributed by atoms with van der Waals surface area (Å²) in [5.74, 6) is -1.98. The fraction of sp³-hybridized carbons (Fsp3) is 0.415. The molecular formula is C65H76N10O10. The predicted octanol–water partition coefficient (Wildman–Crippen LogP) is 6.25. The molecule has 1 saturated heterocycles. The van der Waals surface area contributed by atoms with Crippen LogP contribution in [-0.4, -0.2) is 201 Å². The summed E-state index contributed by atoms with van der Waals surface area (Å²) in [7, 11) is 7.79. The van der Waals surface area contributed by atoms with Crippen molar-refractivity contribution in [3.05, 3.63) is 124 Å². The molecule has 0 aliphatic carbocycles. The Bertz CT molecular complexity index is 3430. The van der Waals surface area contributed by atoms with Gasteiger partial charge in [-0.2, -0.15) is 0 Å². The maximum atomic E-state index is 14.3. The lowest BCUT2D eigenvalue weighted by atomic mass is 9.78. The van der Waals surface area contributed by atoms with Crippen molar-refractivity contribution < 1.29 is 47.8 Å². The Morgan fingerprint density at radius 1 is 0.506 bits per heavy atom. The number of nitrogens with zero attached hydrogens (tertiary/aromatic N) is 6. The molecule has 20 nitrogen and oxygen atoms in total. The van der Waals surface area contributed by atoms with Crippen LogP contribution in [0.15, 0.2) is 91.0 Å². The van der Waals surface area contributed by atoms with Crippen molar-refractivity contribution in [1.29, 1.82) is 0 Å². The zero-order chi connectivity index (χ0) is 60.5. The summed E-state index contributed by atoms with van der Waals surface area (Å²) in [6.45, 7) is 11.7. The first-order valence-electron chi connectivity index (χ1n) is 29.2. The highest BCUT2D eigenvalue weighted by Gasteiger charge is 2.46. The molecule has 20 heteroatoms. The Balaban J connectivity index is 0.784. The Morgan fingerprint density at radius 3 is 1.36 bits per heavy atom. The number of amides is 8. The topological polar surface area (TPSA) is 223 Å². The molecule has 0 aromatic heterocycles. The zero-order valence-electron chi connectivity index (χ0n) is 49.8. The molecule has 85 heavy (non-hydrogen) atoms. The molecule has 0 bridgehead atoms. The Kier molecular flexibility index (Phi) is 17.4. The van der Waals surface area contributed by atoms with Crippen molar-refractivity contribution in [2.45, 2.75) is 70.5 Å². The van der Waals surface area contributed by atoms with Crippen LogP contribution in [0.2, 0.25) is 0 Å². The molecule has 0 atom stereocenters. The summed E-state index contributed by atoms with van der Waals surface area (Å²) in [4.78, 5) is 121. The number of hydrogen-bond donors (Lipinski definition) is 4. The van der Waals surface area contributed by atoms with E-state index in [1.165, 1.54) is 4.90 Å². The maximum absolute atomic E-state index is 14.3. The second kappa shape index (κ2) is 24.7. The minimum Gasteiger partial charge on any atom is -0.492 e. The average molecular weight is 1160 g/mol. The molecule has 0 unspecified atom stereocenters. The van der Waals surface area contributed by atoms with E-state index >= 15 is 0 Å². The van der Waals surface area contributed by atoms with Crippen LogP contribution in [0.3, 0.4) is 0 Å². The van der Waals surface area contributed by atoms with Crippen LogP contribution in [0, 0.1) is 0 Å². The van der Waals surface area contributed by atoms with E-state index in [1.54, 1.807) is 60.7 Å². The van der Waals surface area contributed by atoms with E-state index in [9.17, 15) is 38.4 Å². The lowest BCUT2D eigenvalue weighted by molar-refractivity contribution is -0.121. The third-order valence-electron chi connectivity index (χ3n) is 16.3. The fourth-order valence-corrected chi connectivity index (χ4v) is 12.6. The number of carbonyl (C=O) groups is 8. The molecule has 446 valence electrons. The molecule has 4 aliphatic rings. The monoisotopic (exact) mass is 1160 g/mol. The molecule has 6 aromatic rings. The van der Waals surface area contributed by atoms with Crippen LogP contribution >= 0.6 is 0 Å². The summed E-state index contributed by atoms with van der Waals surface area (Å²) in [5.41, 5.74) is 2.54. The van der Waals surface area contributed by atoms with Gasteiger partial charge in [-0.05, 0) is 123 Å². The van der Waals surface area contributed by atoms with Gasteiger partial charge in [-0.25, -0.2) is 0 Å². The van der Waals surface area contributed by atoms with Crippen molar-refractivity contribution in [2.24, 2.45) is 0 Å². The summed E-state index contributed by atoms with van der Waals surface area (Å²) < 4.78 is 12.1. The van der Waals surface area contributed by atoms with E-state index in [-0.39, 0.29) is 92.9 Å². The van der Waals surface area contributed by atoms with Crippen molar-refractivity contribution in [2.75, 3.05) is 112 Å². The van der Waals surface area contributed by atoms with Crippen LogP contribution in [0.25, 0.3) is 32.3 Å². The van der Waals surface area contributed by atoms with Crippen LogP contribution in [-0.2, 0) is 9.59 Å². The number of anilines is 1. The van der Waals surface area contributed by atoms with E-state index in [2.05, 4.69) is 49.0 Å². The molecule has 0 saturated carbocycles. The third kappa shape index (κ3) is 12.6. The second-order valence-corrected chi connectivity index (χ2v) is 24.3. The average Bonchev–Trinajstić information content (AvgIpc) is 1.76. The number of imide groups is 3. The van der Waals surface area contributed by atoms with Crippen molar-refractivity contribution in [3.8, 4) is 11.5 Å². The maximum Gasteiger partial charge on any atom is 0.261 e. The van der Waals surface area contributed by atoms with Crippen molar-refractivity contribution >= 4 is 85.3 Å². The normalized spacial score (nSPS) is 16.4. The molecule has 8 amide bonds. The van der Waals surface area contributed by atoms with Crippen molar-refractivity contribution in [1.82, 2.24) is 45.3 Å². The van der Waals surface area contributed by atoms with Gasteiger partial charge in [0.15, 0.2) is 0 Å². The van der Waals surface area contributed by atoms with Crippen LogP contribution in [0.5, 0.6) is 11.5 Å². The number of nitrogens with one attached hydrogen (secondary N) is 4. The highest BCUT2D eigenvalue weighted by atomic mass is 16.5. The van der Waals surface area contributed by atoms with Gasteiger partial charge in [-0.3, -0.25) is 53.1 Å². The first-order valence-corrected chi connectivity index (χ1v) is 29.2. The summed E-state index contributed by atoms with van der Waals surface area (Å²) in [6, 6.07) is 26.2. The van der Waals surface area contributed by atoms with Gasteiger partial charge in [0.25, 0.3) is 35.4 Å². The number of hydrogen-bond acceptors (Lipinski definition) is 15. The summed E-state index contributed by atoms with van der Waals surface area (Å²) in [6.07, 6.45) is 1.27. The fourth-order valence-electron chi connectivity index (χ4n) is 12.6. The molecule has 0 spiro atoms. The van der Waals surface area contributed by atoms with Gasteiger partial charge in [-0.1, -0.05) is 36.4 Å². The SMILES string of the molecule is CN(C)CCOc1ccc2c3c(cccc13)C(=O)N(CCNC(=O)CCN(CCNc1ccc3c4c(cccc14)C(=O)N(C1CC(C)(C)NC(C)(C)C1)C3=O)CCC(=O)NCCN1C(=O)c3cccc4c(OCCN(C)C)ccc(c34)C1=O)C2=O. The van der Waals surface area contributed by atoms with Gasteiger partial charge < -0.3 is 45.4 Å². The largest absolute Gasteiger partial charge is 0.492 e. The van der Waals surface area contributed by atoms with E-state index in [1.807, 2.05) is 73.2 Å². The Morgan fingerprint density at radius 2 is 0.906 bits per heavy atom. The van der Waals surface area contributed by atoms with Gasteiger partial charge in [0.05, 0.1) is 0 Å². The molecule has 1 fully saturated rings. The van der Waals surface area contributed by atoms with Crippen LogP contribution < -0.4 is 30.7 Å². The summed E-state index contributed by atoms with van der Waals surface area (Å²) in [5, 5.41) is 16.6. The molecule has 10 rings (SSSR count). The van der Waals surface area contributed by atoms with E-state index in [0.29, 0.717) is 135 Å². The first-order chi connectivity index (χ1) is 40.6. The third-order valence-corrected chi connectivity index (χ3v) is 16.3. The second-order valence-electron chi connectivity index (χ2n) is 24.3. The minimum atomic E-state index is -0.464. The Labute approximate surface area is 495 Å². The first kappa shape index (κ1) is 59.8. The van der Waals surface area contributed by atoms with Gasteiger partial charge in [-0.15, -0.1) is 0 Å². The minimum absolute atomic E-state index is 0.00817. The number of rotatable bonds is 25. The number of carbonyl (C=O) groups excluding carboxylic acids is 8. The van der Waals surface area contributed by atoms with E-state index in [4.69, 9.17) is 9.47 Å². The Hall–Kier alpha value is -8.30. The number of piperidine rings is 1. The van der Waals surface area contributed by atoms with E-state index < -0.39 is 23.6 Å². The number of ether oxygens (including phenoxy) is 2. The number of benzene rings is 6. The standard InChI is InChI=1S/C65H76N10O10/c1-64(2)38-40(39-65(3,4)69-64)75-62(82)46-17-9-12-41-50(21-18-49(55(41)46)63(75)83)66-26-31-72(29-24-53(76)67-27-32-73-58(78)44-15-10-13-42-51(84-36-34-70(5)6)22-19-47(56(42)44)60(73)80)30-25-54(77)68-28-33-74-59(79)45-16-11-14-43-52(85-37-35-71(7)8)23-20-48(57(43)45)61(74)81/h9-23,40,66,69H,24-39H2,1-8H3,(H,67,76)(H,68,77). The molecule has 0 radical (unpaired) electrons. The van der Waals surface area contributed by atoms with Crippen LogP contribution in [0.4, 0.5) is 5.69 Å². The van der Waals surface area contributed by atoms with Gasteiger partial charge in [0.1, 0.15) is 24.7 Å². The molecule has 6 aromatic carbocycles. The van der Waals surface area contributed by atoms with Crippen molar-refractivity contribution in [3.63, 3.8) is 0 Å². The smallest absolute Gasteiger partial charge is 0.261 e. The lowest BCUT2D eigenvalue weighted by Gasteiger charge is -2.49. The van der Waals surface area contributed by atoms with Gasteiger partial charge in [0.2, 0.25) is 11.8 Å². The van der Waals surface area contributed by atoms with Gasteiger partial charge >= 0.3 is 0 Å².